The number of nitrogens with two attached hydrogens (primary N) is 2. The van der Waals surface area contributed by atoms with E-state index in [9.17, 15) is 87.5 Å². The lowest BCUT2D eigenvalue weighted by Gasteiger charge is -2.34. The van der Waals surface area contributed by atoms with Crippen LogP contribution in [0.25, 0.3) is 0 Å². The largest absolute Gasteiger partial charge is 0.481 e. The number of imidazole rings is 1. The number of carbonyl (C=O) groups is 17. The summed E-state index contributed by atoms with van der Waals surface area (Å²) in [5, 5.41) is 79.0. The number of nitrogens with zero attached hydrogens (tertiary/aromatic N) is 3. The zero-order valence-electron chi connectivity index (χ0n) is 66.8. The minimum absolute atomic E-state index is 0.0119. The number of aliphatic hydroxyl groups excluding tert-OH is 1. The molecule has 0 unspecified atom stereocenters. The molecule has 3 aliphatic rings. The van der Waals surface area contributed by atoms with Crippen molar-refractivity contribution in [1.82, 2.24) is 83.6 Å². The molecule has 7 rings (SSSR count). The molecule has 0 saturated carbocycles. The summed E-state index contributed by atoms with van der Waals surface area (Å²) in [6.45, 7) is 2.50. The van der Waals surface area contributed by atoms with Crippen molar-refractivity contribution in [2.45, 2.75) is 200 Å². The molecule has 40 nitrogen and oxygen atoms in total. The average molecular weight is 1740 g/mol. The number of benzene rings is 3. The number of primary amides is 1. The Morgan fingerprint density at radius 3 is 1.74 bits per heavy atom. The molecule has 3 aromatic carbocycles. The Hall–Kier alpha value is -11.9. The van der Waals surface area contributed by atoms with Gasteiger partial charge in [-0.1, -0.05) is 84.9 Å². The number of aromatic amines is 1. The van der Waals surface area contributed by atoms with E-state index in [2.05, 4.69) is 73.8 Å². The molecule has 14 amide bonds. The van der Waals surface area contributed by atoms with E-state index < -0.39 is 229 Å². The van der Waals surface area contributed by atoms with E-state index in [1.54, 1.807) is 84.9 Å². The van der Waals surface area contributed by atoms with Gasteiger partial charge in [-0.3, -0.25) is 86.9 Å². The third-order valence-electron chi connectivity index (χ3n) is 19.8. The summed E-state index contributed by atoms with van der Waals surface area (Å²) in [7, 11) is 0. The van der Waals surface area contributed by atoms with Crippen LogP contribution in [0, 0.1) is 5.41 Å². The fourth-order valence-electron chi connectivity index (χ4n) is 13.6. The number of carboxylic acid groups (broad SMARTS) is 3. The van der Waals surface area contributed by atoms with Gasteiger partial charge < -0.3 is 110 Å². The van der Waals surface area contributed by atoms with E-state index in [-0.39, 0.29) is 87.5 Å². The molecular formula is C78H105N19O21S3. The van der Waals surface area contributed by atoms with E-state index in [0.29, 0.717) is 40.8 Å². The molecule has 2 saturated heterocycles. The van der Waals surface area contributed by atoms with Gasteiger partial charge in [0, 0.05) is 81.4 Å². The number of carboxylic acids is 3. The molecule has 1 aromatic heterocycles. The van der Waals surface area contributed by atoms with Gasteiger partial charge in [0.25, 0.3) is 0 Å². The second kappa shape index (κ2) is 48.4. The molecule has 0 aliphatic carbocycles. The van der Waals surface area contributed by atoms with Crippen LogP contribution in [0.5, 0.6) is 0 Å². The molecule has 3 aliphatic heterocycles. The van der Waals surface area contributed by atoms with E-state index >= 15 is 14.4 Å². The van der Waals surface area contributed by atoms with Crippen molar-refractivity contribution in [2.75, 3.05) is 43.1 Å². The summed E-state index contributed by atoms with van der Waals surface area (Å²) in [6.07, 6.45) is -1.15. The highest BCUT2D eigenvalue weighted by Crippen LogP contribution is 2.28. The van der Waals surface area contributed by atoms with E-state index in [4.69, 9.17) is 16.9 Å². The summed E-state index contributed by atoms with van der Waals surface area (Å²) >= 11 is 3.73. The maximum absolute atomic E-state index is 15.2. The number of aliphatic hydroxyl groups is 1. The first-order chi connectivity index (χ1) is 57.7. The molecule has 656 valence electrons. The molecule has 22 N–H and O–H groups in total. The molecule has 0 radical (unpaired) electrons. The second-order valence-corrected chi connectivity index (χ2v) is 32.2. The van der Waals surface area contributed by atoms with Crippen LogP contribution in [0.15, 0.2) is 97.5 Å². The van der Waals surface area contributed by atoms with E-state index in [0.717, 1.165) is 18.7 Å². The number of carbonyl (C=O) groups excluding carboxylic acids is 14. The summed E-state index contributed by atoms with van der Waals surface area (Å²) in [4.78, 5) is 248. The first-order valence-electron chi connectivity index (χ1n) is 39.1. The van der Waals surface area contributed by atoms with Crippen molar-refractivity contribution in [3.05, 3.63) is 125 Å². The number of thioether (sulfide) groups is 3. The Kier molecular flexibility index (Phi) is 38.5. The molecular weight excluding hydrogens is 1640 g/mol. The fraction of sp³-hybridized carbons (Fsp3) is 0.500. The van der Waals surface area contributed by atoms with Crippen LogP contribution in [0.1, 0.15) is 112 Å². The molecule has 4 aromatic rings. The van der Waals surface area contributed by atoms with Crippen LogP contribution in [-0.4, -0.2) is 275 Å². The van der Waals surface area contributed by atoms with Crippen molar-refractivity contribution in [3.8, 4) is 0 Å². The van der Waals surface area contributed by atoms with Gasteiger partial charge in [-0.2, -0.15) is 35.3 Å². The zero-order valence-corrected chi connectivity index (χ0v) is 69.3. The molecule has 2 bridgehead atoms. The monoisotopic (exact) mass is 1740 g/mol. The number of aliphatic carboxylic acids is 3. The number of aromatic nitrogens is 2. The molecule has 2 fully saturated rings. The Bertz CT molecular complexity index is 4330. The summed E-state index contributed by atoms with van der Waals surface area (Å²) < 4.78 is 0. The maximum Gasteiger partial charge on any atom is 0.305 e. The number of hydrogen-bond acceptors (Lipinski definition) is 23. The smallest absolute Gasteiger partial charge is 0.305 e. The lowest BCUT2D eigenvalue weighted by molar-refractivity contribution is -0.148. The zero-order chi connectivity index (χ0) is 88.4. The predicted octanol–water partition coefficient (Wildman–Crippen LogP) is -3.35. The van der Waals surface area contributed by atoms with E-state index in [1.807, 2.05) is 6.26 Å². The normalized spacial score (nSPS) is 20.7. The van der Waals surface area contributed by atoms with Gasteiger partial charge in [-0.25, -0.2) is 4.98 Å². The Morgan fingerprint density at radius 1 is 0.603 bits per heavy atom. The number of guanidine groups is 1. The lowest BCUT2D eigenvalue weighted by atomic mass is 10.0. The molecule has 14 atom stereocenters. The van der Waals surface area contributed by atoms with Crippen molar-refractivity contribution in [2.24, 2.45) is 11.5 Å². The highest BCUT2D eigenvalue weighted by molar-refractivity contribution is 7.99. The first kappa shape index (κ1) is 96.3. The van der Waals surface area contributed by atoms with Crippen molar-refractivity contribution < 1.29 is 102 Å². The Morgan fingerprint density at radius 2 is 1.16 bits per heavy atom. The number of hydrogen-bond donors (Lipinski definition) is 20. The molecule has 121 heavy (non-hydrogen) atoms. The van der Waals surface area contributed by atoms with Crippen LogP contribution in [0.3, 0.4) is 0 Å². The summed E-state index contributed by atoms with van der Waals surface area (Å²) in [6, 6.07) is 2.39. The number of H-pyrrole nitrogens is 1. The Balaban J connectivity index is 1.25. The minimum atomic E-state index is -2.11. The molecule has 43 heteroatoms. The van der Waals surface area contributed by atoms with Gasteiger partial charge >= 0.3 is 17.9 Å². The van der Waals surface area contributed by atoms with Crippen molar-refractivity contribution in [1.29, 1.82) is 5.41 Å². The van der Waals surface area contributed by atoms with Crippen LogP contribution in [-0.2, 0) is 112 Å². The van der Waals surface area contributed by atoms with Gasteiger partial charge in [-0.05, 0) is 92.6 Å². The number of nitrogens with one attached hydrogen (secondary N) is 14. The quantitative estimate of drug-likeness (QED) is 0.0122. The third kappa shape index (κ3) is 31.3. The third-order valence-corrected chi connectivity index (χ3v) is 22.6. The van der Waals surface area contributed by atoms with Gasteiger partial charge in [-0.15, -0.1) is 0 Å². The van der Waals surface area contributed by atoms with Crippen LogP contribution in [0.4, 0.5) is 0 Å². The standard InChI is InChI=1S/C78H105N19O21S3/c1-42(98)64-75(116)87-50(23-24-61(100)101)67(108)89-54(32-45-16-8-5-9-17-45)70(111)93-57(39-120-37-46-18-10-19-47(30-46)38-121-40-58(94-68(109)51(25-29-119-3)85-43(2)99)76(117)97-28-13-22-60(97)77(118)96-27-12-21-59(96)74(115)95-64)73(114)92-56(35-63(104)105)72(113)91-55(33-48-36-82-41-84-48)71(112)90-53(31-44-14-6-4-7-15-44)69(110)86-49(20-11-26-83-78(80)81)66(107)88-52(65(79)106)34-62(102)103/h4-10,14-19,30,36,41-42,49-60,64,98H,11-13,20-29,31-35,37-40H2,1-3H3,(H2,79,106)(H,82,84)(H,85,99)(H,86,110)(H,87,116)(H,88,107)(H,89,108)(H,90,112)(H,91,113)(H,92,114)(H,93,111)(H,94,109)(H,95,115)(H,100,101)(H,102,103)(H,104,105)(H4,80,81,83)/t42-,49+,50+,51+,52+,53+,54+,55-,56+,57+,58+,59+,60+,64+/m1/s1. The van der Waals surface area contributed by atoms with E-state index in [1.165, 1.54) is 52.8 Å². The van der Waals surface area contributed by atoms with Crippen LogP contribution >= 0.6 is 35.3 Å². The highest BCUT2D eigenvalue weighted by Gasteiger charge is 2.46. The lowest BCUT2D eigenvalue weighted by Crippen LogP contribution is -2.62. The SMILES string of the molecule is CSCC[C@H](NC(C)=O)C(=O)N[C@H]1CSCc2cccc(c2)CSC[C@@H](C(=O)N[C@@H](CC(=O)O)C(=O)N[C@H](Cc2c[nH]cn2)C(=O)N[C@@H](Cc2ccccc2)C(=O)N[C@@H](CCCNC(=N)N)C(=O)N[C@@H](CC(=O)O)C(N)=O)NC(=O)[C@H](Cc2ccccc2)NC(=O)[C@H](CCC(=O)O)NC(=O)[C@H]([C@@H](C)O)NC(=O)[C@@H]2CCCN2C(=O)[C@@H]2CCCN2C1=O. The minimum Gasteiger partial charge on any atom is -0.481 e. The van der Waals surface area contributed by atoms with Crippen LogP contribution in [0.2, 0.25) is 0 Å². The highest BCUT2D eigenvalue weighted by atomic mass is 32.2. The Labute approximate surface area is 709 Å². The number of rotatable bonds is 35. The second-order valence-electron chi connectivity index (χ2n) is 29.2. The topological polar surface area (TPSA) is 627 Å². The molecule has 4 heterocycles. The van der Waals surface area contributed by atoms with Gasteiger partial charge in [0.05, 0.1) is 31.0 Å². The maximum atomic E-state index is 15.2. The van der Waals surface area contributed by atoms with Crippen LogP contribution < -0.4 is 75.3 Å². The predicted molar refractivity (Wildman–Crippen MR) is 442 cm³/mol. The number of fused-ring (bicyclic) bond motifs is 4. The summed E-state index contributed by atoms with van der Waals surface area (Å²) in [5.74, 6) is -18.5. The van der Waals surface area contributed by atoms with Crippen molar-refractivity contribution in [3.63, 3.8) is 0 Å². The summed E-state index contributed by atoms with van der Waals surface area (Å²) in [5.41, 5.74) is 13.2. The fourth-order valence-corrected chi connectivity index (χ4v) is 16.1. The van der Waals surface area contributed by atoms with Crippen molar-refractivity contribution >= 4 is 142 Å². The number of amides is 14. The van der Waals surface area contributed by atoms with Gasteiger partial charge in [0.2, 0.25) is 82.7 Å². The van der Waals surface area contributed by atoms with Gasteiger partial charge in [0.1, 0.15) is 78.5 Å². The molecule has 0 spiro atoms. The van der Waals surface area contributed by atoms with Gasteiger partial charge in [0.15, 0.2) is 5.96 Å². The average Bonchev–Trinajstić information content (AvgIpc) is 1.67. The first-order valence-corrected chi connectivity index (χ1v) is 42.8.